The lowest BCUT2D eigenvalue weighted by Crippen LogP contribution is -2.52. The van der Waals surface area contributed by atoms with Crippen molar-refractivity contribution in [3.63, 3.8) is 0 Å². The number of hydrogen-bond acceptors (Lipinski definition) is 9. The minimum Gasteiger partial charge on any atom is -0.467 e. The van der Waals surface area contributed by atoms with Crippen LogP contribution in [0.25, 0.3) is 0 Å². The van der Waals surface area contributed by atoms with E-state index in [0.717, 1.165) is 0 Å². The van der Waals surface area contributed by atoms with Crippen molar-refractivity contribution in [2.75, 3.05) is 14.2 Å². The standard InChI is InChI=1S/C29H30N2O7/c1-19-18-20(2)31-28(30-19)38-25(27(33)37-24-17-11-16-23(36-24)26(32)34-3)29(35-4,21-12-7-5-8-13-21)22-14-9-6-10-15-22/h5-15,17-18,23-25H,16H2,1-4H3/t23-,24-,25+/m0/s1. The normalized spacial score (nSPS) is 17.9. The molecule has 1 aliphatic heterocycles. The fraction of sp³-hybridized carbons (Fsp3) is 0.310. The van der Waals surface area contributed by atoms with Crippen molar-refractivity contribution in [2.24, 2.45) is 0 Å². The molecule has 2 heterocycles. The molecule has 38 heavy (non-hydrogen) atoms. The third-order valence-corrected chi connectivity index (χ3v) is 6.13. The van der Waals surface area contributed by atoms with Crippen LogP contribution in [0, 0.1) is 13.8 Å². The Labute approximate surface area is 221 Å². The summed E-state index contributed by atoms with van der Waals surface area (Å²) in [6.07, 6.45) is 0.0974. The Hall–Kier alpha value is -4.08. The van der Waals surface area contributed by atoms with Crippen molar-refractivity contribution >= 4 is 11.9 Å². The van der Waals surface area contributed by atoms with E-state index in [0.29, 0.717) is 28.9 Å². The first kappa shape index (κ1) is 27.0. The molecule has 0 saturated heterocycles. The van der Waals surface area contributed by atoms with Gasteiger partial charge in [-0.15, -0.1) is 0 Å². The fourth-order valence-electron chi connectivity index (χ4n) is 4.44. The smallest absolute Gasteiger partial charge is 0.353 e. The first-order valence-corrected chi connectivity index (χ1v) is 12.1. The Kier molecular flexibility index (Phi) is 8.50. The summed E-state index contributed by atoms with van der Waals surface area (Å²) >= 11 is 0. The molecular formula is C29H30N2O7. The van der Waals surface area contributed by atoms with E-state index in [4.69, 9.17) is 23.7 Å². The van der Waals surface area contributed by atoms with Gasteiger partial charge in [-0.2, -0.15) is 0 Å². The van der Waals surface area contributed by atoms with Gasteiger partial charge < -0.3 is 23.7 Å². The molecule has 0 bridgehead atoms. The van der Waals surface area contributed by atoms with Crippen molar-refractivity contribution in [1.82, 2.24) is 9.97 Å². The molecule has 3 atom stereocenters. The van der Waals surface area contributed by atoms with Crippen LogP contribution in [0.4, 0.5) is 0 Å². The second-order valence-corrected chi connectivity index (χ2v) is 8.72. The third kappa shape index (κ3) is 5.74. The zero-order valence-electron chi connectivity index (χ0n) is 21.7. The molecule has 9 nitrogen and oxygen atoms in total. The SMILES string of the molecule is COC(=O)[C@@H]1CC=C[C@H](OC(=O)[C@@H](Oc2nc(C)cc(C)n2)C(OC)(c2ccccc2)c2ccccc2)O1. The van der Waals surface area contributed by atoms with Gasteiger partial charge in [-0.1, -0.05) is 66.7 Å². The second kappa shape index (κ2) is 12.0. The maximum atomic E-state index is 14.0. The predicted octanol–water partition coefficient (Wildman–Crippen LogP) is 3.82. The highest BCUT2D eigenvalue weighted by Crippen LogP contribution is 2.39. The topological polar surface area (TPSA) is 106 Å². The molecule has 1 aliphatic rings. The van der Waals surface area contributed by atoms with Crippen LogP contribution < -0.4 is 4.74 Å². The van der Waals surface area contributed by atoms with Gasteiger partial charge in [0.25, 0.3) is 0 Å². The van der Waals surface area contributed by atoms with E-state index >= 15 is 0 Å². The monoisotopic (exact) mass is 518 g/mol. The number of rotatable bonds is 9. The average molecular weight is 519 g/mol. The second-order valence-electron chi connectivity index (χ2n) is 8.72. The molecule has 9 heteroatoms. The lowest BCUT2D eigenvalue weighted by atomic mass is 9.81. The fourth-order valence-corrected chi connectivity index (χ4v) is 4.44. The lowest BCUT2D eigenvalue weighted by Gasteiger charge is -2.39. The van der Waals surface area contributed by atoms with E-state index < -0.39 is 36.0 Å². The van der Waals surface area contributed by atoms with Crippen LogP contribution in [-0.2, 0) is 34.1 Å². The maximum Gasteiger partial charge on any atom is 0.353 e. The zero-order valence-corrected chi connectivity index (χ0v) is 21.7. The largest absolute Gasteiger partial charge is 0.467 e. The summed E-state index contributed by atoms with van der Waals surface area (Å²) in [7, 11) is 2.77. The molecule has 0 spiro atoms. The molecule has 3 aromatic rings. The van der Waals surface area contributed by atoms with Crippen LogP contribution in [0.1, 0.15) is 28.9 Å². The minimum absolute atomic E-state index is 0.00900. The van der Waals surface area contributed by atoms with E-state index in [1.165, 1.54) is 14.2 Å². The number of carbonyl (C=O) groups is 2. The molecule has 198 valence electrons. The predicted molar refractivity (Wildman–Crippen MR) is 137 cm³/mol. The van der Waals surface area contributed by atoms with Gasteiger partial charge >= 0.3 is 17.9 Å². The van der Waals surface area contributed by atoms with Crippen LogP contribution in [0.3, 0.4) is 0 Å². The maximum absolute atomic E-state index is 14.0. The summed E-state index contributed by atoms with van der Waals surface area (Å²) in [6, 6.07) is 20.3. The molecule has 0 amide bonds. The Morgan fingerprint density at radius 3 is 2.05 bits per heavy atom. The number of methoxy groups -OCH3 is 2. The Balaban J connectivity index is 1.80. The van der Waals surface area contributed by atoms with Crippen LogP contribution in [0.2, 0.25) is 0 Å². The summed E-state index contributed by atoms with van der Waals surface area (Å²) in [4.78, 5) is 34.8. The van der Waals surface area contributed by atoms with Crippen molar-refractivity contribution < 1.29 is 33.3 Å². The number of carbonyl (C=O) groups excluding carboxylic acids is 2. The van der Waals surface area contributed by atoms with E-state index in [1.807, 2.05) is 60.7 Å². The first-order chi connectivity index (χ1) is 18.4. The van der Waals surface area contributed by atoms with Gasteiger partial charge in [-0.25, -0.2) is 19.6 Å². The number of ether oxygens (including phenoxy) is 5. The number of benzene rings is 2. The molecule has 0 saturated carbocycles. The van der Waals surface area contributed by atoms with Crippen LogP contribution in [0.5, 0.6) is 6.01 Å². The van der Waals surface area contributed by atoms with Crippen LogP contribution >= 0.6 is 0 Å². The highest BCUT2D eigenvalue weighted by Gasteiger charge is 2.51. The number of aromatic nitrogens is 2. The van der Waals surface area contributed by atoms with Gasteiger partial charge in [0, 0.05) is 24.9 Å². The molecule has 0 radical (unpaired) electrons. The van der Waals surface area contributed by atoms with Gasteiger partial charge in [-0.3, -0.25) is 0 Å². The van der Waals surface area contributed by atoms with Crippen molar-refractivity contribution in [1.29, 1.82) is 0 Å². The van der Waals surface area contributed by atoms with Gasteiger partial charge in [0.05, 0.1) is 7.11 Å². The summed E-state index contributed by atoms with van der Waals surface area (Å²) in [5, 5.41) is 0. The number of aryl methyl sites for hydroxylation is 2. The highest BCUT2D eigenvalue weighted by atomic mass is 16.7. The van der Waals surface area contributed by atoms with E-state index in [9.17, 15) is 9.59 Å². The highest BCUT2D eigenvalue weighted by molar-refractivity contribution is 5.79. The summed E-state index contributed by atoms with van der Waals surface area (Å²) in [6.45, 7) is 3.61. The molecule has 0 unspecified atom stereocenters. The van der Waals surface area contributed by atoms with Gasteiger partial charge in [-0.05, 0) is 37.1 Å². The first-order valence-electron chi connectivity index (χ1n) is 12.1. The van der Waals surface area contributed by atoms with Gasteiger partial charge in [0.15, 0.2) is 11.7 Å². The number of esters is 2. The van der Waals surface area contributed by atoms with Crippen molar-refractivity contribution in [3.05, 3.63) is 101 Å². The number of nitrogens with zero attached hydrogens (tertiary/aromatic N) is 2. The molecule has 0 aliphatic carbocycles. The summed E-state index contributed by atoms with van der Waals surface area (Å²) in [5.74, 6) is -1.37. The van der Waals surface area contributed by atoms with Gasteiger partial charge in [0.2, 0.25) is 12.4 Å². The quantitative estimate of drug-likeness (QED) is 0.309. The summed E-state index contributed by atoms with van der Waals surface area (Å²) in [5.41, 5.74) is 1.17. The Bertz CT molecular complexity index is 1220. The van der Waals surface area contributed by atoms with E-state index in [1.54, 1.807) is 32.1 Å². The molecular weight excluding hydrogens is 488 g/mol. The zero-order chi connectivity index (χ0) is 27.1. The number of hydrogen-bond donors (Lipinski definition) is 0. The molecule has 0 fully saturated rings. The van der Waals surface area contributed by atoms with Crippen LogP contribution in [0.15, 0.2) is 78.9 Å². The minimum atomic E-state index is -1.46. The average Bonchev–Trinajstić information content (AvgIpc) is 2.93. The molecule has 2 aromatic carbocycles. The Morgan fingerprint density at radius 1 is 0.947 bits per heavy atom. The Morgan fingerprint density at radius 2 is 1.53 bits per heavy atom. The molecule has 0 N–H and O–H groups in total. The van der Waals surface area contributed by atoms with E-state index in [2.05, 4.69) is 9.97 Å². The molecule has 4 rings (SSSR count). The van der Waals surface area contributed by atoms with Gasteiger partial charge in [0.1, 0.15) is 0 Å². The van der Waals surface area contributed by atoms with Crippen LogP contribution in [-0.4, -0.2) is 54.6 Å². The summed E-state index contributed by atoms with van der Waals surface area (Å²) < 4.78 is 28.6. The lowest BCUT2D eigenvalue weighted by molar-refractivity contribution is -0.203. The van der Waals surface area contributed by atoms with E-state index in [-0.39, 0.29) is 6.01 Å². The van der Waals surface area contributed by atoms with Crippen molar-refractivity contribution in [3.8, 4) is 6.01 Å². The van der Waals surface area contributed by atoms with Crippen molar-refractivity contribution in [2.45, 2.75) is 44.4 Å². The molecule has 1 aromatic heterocycles. The third-order valence-electron chi connectivity index (χ3n) is 6.13.